The highest BCUT2D eigenvalue weighted by Crippen LogP contribution is 2.25. The van der Waals surface area contributed by atoms with Crippen LogP contribution in [0.25, 0.3) is 0 Å². The molecule has 114 valence electrons. The molecule has 0 spiro atoms. The molecular weight excluding hydrogens is 324 g/mol. The summed E-state index contributed by atoms with van der Waals surface area (Å²) in [5, 5.41) is -0.235. The van der Waals surface area contributed by atoms with Gasteiger partial charge in [0.05, 0.1) is 11.6 Å². The molecule has 0 heterocycles. The standard InChI is InChI=1S/C10H11ClF4N2O2S/c11-7-3-6(4-16)1-2-8(7)20(18,19)17-5-10(14,15)9(12)13/h1-3,9,17H,4-5,16H2. The van der Waals surface area contributed by atoms with E-state index in [9.17, 15) is 26.0 Å². The van der Waals surface area contributed by atoms with Gasteiger partial charge in [0.1, 0.15) is 4.90 Å². The zero-order chi connectivity index (χ0) is 15.6. The molecule has 0 unspecified atom stereocenters. The first kappa shape index (κ1) is 17.2. The van der Waals surface area contributed by atoms with E-state index in [1.807, 2.05) is 0 Å². The Morgan fingerprint density at radius 2 is 1.95 bits per heavy atom. The molecule has 1 rings (SSSR count). The minimum Gasteiger partial charge on any atom is -0.326 e. The molecular formula is C10H11ClF4N2O2S. The number of nitrogens with one attached hydrogen (secondary N) is 1. The Kier molecular flexibility index (Phi) is 5.36. The molecule has 1 aromatic rings. The lowest BCUT2D eigenvalue weighted by atomic mass is 10.2. The molecule has 0 fully saturated rings. The molecule has 0 saturated carbocycles. The highest BCUT2D eigenvalue weighted by Gasteiger charge is 2.41. The Labute approximate surface area is 118 Å². The molecule has 0 bridgehead atoms. The molecule has 0 saturated heterocycles. The first-order valence-corrected chi connectivity index (χ1v) is 7.10. The molecule has 3 N–H and O–H groups in total. The van der Waals surface area contributed by atoms with Crippen molar-refractivity contribution in [3.8, 4) is 0 Å². The summed E-state index contributed by atoms with van der Waals surface area (Å²) < 4.78 is 74.1. The largest absolute Gasteiger partial charge is 0.326 e. The van der Waals surface area contributed by atoms with Gasteiger partial charge in [0.25, 0.3) is 0 Å². The average molecular weight is 335 g/mol. The predicted molar refractivity (Wildman–Crippen MR) is 65.5 cm³/mol. The number of sulfonamides is 1. The van der Waals surface area contributed by atoms with E-state index in [2.05, 4.69) is 0 Å². The average Bonchev–Trinajstić information content (AvgIpc) is 2.36. The maximum absolute atomic E-state index is 12.7. The van der Waals surface area contributed by atoms with Gasteiger partial charge in [-0.3, -0.25) is 0 Å². The number of alkyl halides is 4. The second-order valence-electron chi connectivity index (χ2n) is 3.86. The van der Waals surface area contributed by atoms with E-state index < -0.39 is 33.8 Å². The van der Waals surface area contributed by atoms with Crippen LogP contribution >= 0.6 is 11.6 Å². The number of halogens is 5. The summed E-state index contributed by atoms with van der Waals surface area (Å²) in [7, 11) is -4.42. The molecule has 0 radical (unpaired) electrons. The maximum Gasteiger partial charge on any atom is 0.320 e. The van der Waals surface area contributed by atoms with E-state index in [1.54, 1.807) is 0 Å². The van der Waals surface area contributed by atoms with E-state index >= 15 is 0 Å². The van der Waals surface area contributed by atoms with E-state index in [0.29, 0.717) is 5.56 Å². The first-order chi connectivity index (χ1) is 9.10. The summed E-state index contributed by atoms with van der Waals surface area (Å²) in [5.74, 6) is -4.46. The van der Waals surface area contributed by atoms with Crippen molar-refractivity contribution in [1.82, 2.24) is 4.72 Å². The summed E-state index contributed by atoms with van der Waals surface area (Å²) >= 11 is 5.69. The molecule has 1 aromatic carbocycles. The normalized spacial score (nSPS) is 12.9. The number of nitrogens with two attached hydrogens (primary N) is 1. The monoisotopic (exact) mass is 334 g/mol. The number of hydrogen-bond donors (Lipinski definition) is 2. The fraction of sp³-hybridized carbons (Fsp3) is 0.400. The van der Waals surface area contributed by atoms with Crippen LogP contribution < -0.4 is 10.5 Å². The molecule has 0 atom stereocenters. The smallest absolute Gasteiger partial charge is 0.320 e. The lowest BCUT2D eigenvalue weighted by molar-refractivity contribution is -0.122. The quantitative estimate of drug-likeness (QED) is 0.781. The molecule has 20 heavy (non-hydrogen) atoms. The first-order valence-electron chi connectivity index (χ1n) is 5.24. The van der Waals surface area contributed by atoms with Crippen molar-refractivity contribution in [3.63, 3.8) is 0 Å². The second kappa shape index (κ2) is 6.25. The highest BCUT2D eigenvalue weighted by atomic mass is 35.5. The van der Waals surface area contributed by atoms with Crippen LogP contribution in [0.3, 0.4) is 0 Å². The van der Waals surface area contributed by atoms with Gasteiger partial charge in [-0.2, -0.15) is 8.78 Å². The molecule has 0 aliphatic carbocycles. The van der Waals surface area contributed by atoms with Crippen molar-refractivity contribution in [2.24, 2.45) is 5.73 Å². The van der Waals surface area contributed by atoms with Gasteiger partial charge in [0, 0.05) is 6.54 Å². The van der Waals surface area contributed by atoms with Gasteiger partial charge >= 0.3 is 12.3 Å². The van der Waals surface area contributed by atoms with Crippen LogP contribution in [-0.4, -0.2) is 27.3 Å². The number of rotatable bonds is 6. The van der Waals surface area contributed by atoms with Crippen LogP contribution in [0.15, 0.2) is 23.1 Å². The van der Waals surface area contributed by atoms with Crippen molar-refractivity contribution < 1.29 is 26.0 Å². The van der Waals surface area contributed by atoms with E-state index in [1.165, 1.54) is 16.9 Å². The summed E-state index contributed by atoms with van der Waals surface area (Å²) in [4.78, 5) is -0.485. The van der Waals surface area contributed by atoms with Gasteiger partial charge < -0.3 is 5.73 Å². The third-order valence-electron chi connectivity index (χ3n) is 2.34. The number of benzene rings is 1. The van der Waals surface area contributed by atoms with E-state index in [-0.39, 0.29) is 11.6 Å². The minimum absolute atomic E-state index is 0.108. The molecule has 0 aliphatic rings. The van der Waals surface area contributed by atoms with Crippen molar-refractivity contribution in [2.75, 3.05) is 6.54 Å². The summed E-state index contributed by atoms with van der Waals surface area (Å²) in [5.41, 5.74) is 5.85. The van der Waals surface area contributed by atoms with E-state index in [0.717, 1.165) is 6.07 Å². The maximum atomic E-state index is 12.7. The fourth-order valence-corrected chi connectivity index (χ4v) is 2.84. The van der Waals surface area contributed by atoms with Gasteiger partial charge in [-0.25, -0.2) is 21.9 Å². The van der Waals surface area contributed by atoms with Gasteiger partial charge in [0.15, 0.2) is 0 Å². The molecule has 4 nitrogen and oxygen atoms in total. The van der Waals surface area contributed by atoms with Crippen LogP contribution in [0.2, 0.25) is 5.02 Å². The third-order valence-corrected chi connectivity index (χ3v) is 4.22. The topological polar surface area (TPSA) is 72.2 Å². The van der Waals surface area contributed by atoms with E-state index in [4.69, 9.17) is 17.3 Å². The minimum atomic E-state index is -4.46. The summed E-state index contributed by atoms with van der Waals surface area (Å²) in [6.45, 7) is -1.61. The van der Waals surface area contributed by atoms with Crippen molar-refractivity contribution in [1.29, 1.82) is 0 Å². The van der Waals surface area contributed by atoms with Crippen LogP contribution in [-0.2, 0) is 16.6 Å². The Morgan fingerprint density at radius 1 is 1.35 bits per heavy atom. The second-order valence-corrected chi connectivity index (χ2v) is 6.00. The summed E-state index contributed by atoms with van der Waals surface area (Å²) in [6, 6.07) is 3.65. The zero-order valence-electron chi connectivity index (χ0n) is 9.92. The van der Waals surface area contributed by atoms with Crippen molar-refractivity contribution in [3.05, 3.63) is 28.8 Å². The predicted octanol–water partition coefficient (Wildman–Crippen LogP) is 1.98. The summed E-state index contributed by atoms with van der Waals surface area (Å²) in [6.07, 6.45) is -3.97. The van der Waals surface area contributed by atoms with Crippen LogP contribution in [0.5, 0.6) is 0 Å². The lowest BCUT2D eigenvalue weighted by Crippen LogP contribution is -2.41. The van der Waals surface area contributed by atoms with Gasteiger partial charge in [-0.1, -0.05) is 17.7 Å². The SMILES string of the molecule is NCc1ccc(S(=O)(=O)NCC(F)(F)C(F)F)c(Cl)c1. The Bertz CT molecular complexity index is 581. The Balaban J connectivity index is 2.95. The lowest BCUT2D eigenvalue weighted by Gasteiger charge is -2.16. The van der Waals surface area contributed by atoms with Gasteiger partial charge in [-0.15, -0.1) is 0 Å². The Morgan fingerprint density at radius 3 is 2.40 bits per heavy atom. The molecule has 0 aromatic heterocycles. The van der Waals surface area contributed by atoms with Crippen LogP contribution in [0, 0.1) is 0 Å². The van der Waals surface area contributed by atoms with Gasteiger partial charge in [-0.05, 0) is 17.7 Å². The zero-order valence-corrected chi connectivity index (χ0v) is 11.5. The Hall–Kier alpha value is -0.900. The van der Waals surface area contributed by atoms with Crippen molar-refractivity contribution in [2.45, 2.75) is 23.8 Å². The molecule has 0 amide bonds. The van der Waals surface area contributed by atoms with Crippen molar-refractivity contribution >= 4 is 21.6 Å². The fourth-order valence-electron chi connectivity index (χ4n) is 1.24. The third kappa shape index (κ3) is 4.05. The van der Waals surface area contributed by atoms with Gasteiger partial charge in [0.2, 0.25) is 10.0 Å². The highest BCUT2D eigenvalue weighted by molar-refractivity contribution is 7.89. The molecule has 10 heteroatoms. The number of hydrogen-bond acceptors (Lipinski definition) is 3. The molecule has 0 aliphatic heterocycles. The van der Waals surface area contributed by atoms with Crippen LogP contribution in [0.1, 0.15) is 5.56 Å². The van der Waals surface area contributed by atoms with Crippen LogP contribution in [0.4, 0.5) is 17.6 Å².